The van der Waals surface area contributed by atoms with Gasteiger partial charge in [-0.2, -0.15) is 0 Å². The number of anilines is 2. The summed E-state index contributed by atoms with van der Waals surface area (Å²) < 4.78 is 4.80. The van der Waals surface area contributed by atoms with Crippen LogP contribution < -0.4 is 10.2 Å². The van der Waals surface area contributed by atoms with E-state index in [1.165, 1.54) is 18.2 Å². The second-order valence-corrected chi connectivity index (χ2v) is 6.36. The molecule has 2 aromatic rings. The van der Waals surface area contributed by atoms with Crippen molar-refractivity contribution in [3.8, 4) is 0 Å². The normalized spacial score (nSPS) is 14.6. The number of benzene rings is 1. The van der Waals surface area contributed by atoms with E-state index >= 15 is 0 Å². The number of methoxy groups -OCH3 is 1. The van der Waals surface area contributed by atoms with Gasteiger partial charge in [0.1, 0.15) is 18.0 Å². The van der Waals surface area contributed by atoms with E-state index in [9.17, 15) is 4.79 Å². The lowest BCUT2D eigenvalue weighted by Crippen LogP contribution is -2.31. The van der Waals surface area contributed by atoms with Crippen molar-refractivity contribution in [2.75, 3.05) is 23.9 Å². The van der Waals surface area contributed by atoms with Gasteiger partial charge in [-0.05, 0) is 43.0 Å². The first-order valence-corrected chi connectivity index (χ1v) is 8.64. The zero-order chi connectivity index (χ0) is 17.8. The maximum atomic E-state index is 11.7. The summed E-state index contributed by atoms with van der Waals surface area (Å²) in [4.78, 5) is 22.7. The highest BCUT2D eigenvalue weighted by Crippen LogP contribution is 2.25. The number of carbonyl (C=O) groups is 1. The van der Waals surface area contributed by atoms with Gasteiger partial charge >= 0.3 is 5.97 Å². The number of fused-ring (bicyclic) bond motifs is 1. The molecule has 6 heteroatoms. The van der Waals surface area contributed by atoms with E-state index in [1.54, 1.807) is 6.33 Å². The molecular weight excluding hydrogens is 316 g/mol. The lowest BCUT2D eigenvalue weighted by atomic mass is 9.97. The molecule has 0 amide bonds. The Morgan fingerprint density at radius 1 is 1.32 bits per heavy atom. The molecule has 0 aliphatic carbocycles. The number of hydrogen-bond donors (Lipinski definition) is 1. The standard InChI is InChI=1S/C19H24N4O2/c1-4-13(2)22-17-10-18(21-12-20-17)23-8-7-14-9-15(19(24)25-3)5-6-16(14)11-23/h5-6,9-10,12-13H,4,7-8,11H2,1-3H3,(H,20,21,22)/t13-/m0/s1. The Kier molecular flexibility index (Phi) is 5.16. The number of ether oxygens (including phenoxy) is 1. The third kappa shape index (κ3) is 3.90. The second kappa shape index (κ2) is 7.51. The quantitative estimate of drug-likeness (QED) is 0.844. The maximum Gasteiger partial charge on any atom is 0.337 e. The Labute approximate surface area is 148 Å². The van der Waals surface area contributed by atoms with E-state index in [4.69, 9.17) is 4.74 Å². The van der Waals surface area contributed by atoms with Crippen LogP contribution in [0.4, 0.5) is 11.6 Å². The van der Waals surface area contributed by atoms with E-state index in [0.717, 1.165) is 37.6 Å². The van der Waals surface area contributed by atoms with Crippen molar-refractivity contribution in [1.29, 1.82) is 0 Å². The number of hydrogen-bond acceptors (Lipinski definition) is 6. The molecule has 1 aliphatic rings. The number of carbonyl (C=O) groups excluding carboxylic acids is 1. The molecule has 0 fully saturated rings. The van der Waals surface area contributed by atoms with Crippen LogP contribution in [0.1, 0.15) is 41.8 Å². The van der Waals surface area contributed by atoms with Crippen LogP contribution >= 0.6 is 0 Å². The minimum Gasteiger partial charge on any atom is -0.465 e. The van der Waals surface area contributed by atoms with Crippen LogP contribution in [0.15, 0.2) is 30.6 Å². The molecule has 1 atom stereocenters. The number of nitrogens with one attached hydrogen (secondary N) is 1. The summed E-state index contributed by atoms with van der Waals surface area (Å²) in [6.07, 6.45) is 3.52. The average Bonchev–Trinajstić information content (AvgIpc) is 2.66. The lowest BCUT2D eigenvalue weighted by molar-refractivity contribution is 0.0600. The van der Waals surface area contributed by atoms with E-state index in [1.807, 2.05) is 24.3 Å². The lowest BCUT2D eigenvalue weighted by Gasteiger charge is -2.30. The monoisotopic (exact) mass is 340 g/mol. The number of nitrogens with zero attached hydrogens (tertiary/aromatic N) is 3. The molecular formula is C19H24N4O2. The van der Waals surface area contributed by atoms with Gasteiger partial charge in [0.25, 0.3) is 0 Å². The Morgan fingerprint density at radius 2 is 2.16 bits per heavy atom. The molecule has 0 bridgehead atoms. The van der Waals surface area contributed by atoms with Crippen molar-refractivity contribution in [1.82, 2.24) is 9.97 Å². The van der Waals surface area contributed by atoms with Gasteiger partial charge in [-0.1, -0.05) is 13.0 Å². The molecule has 132 valence electrons. The predicted octanol–water partition coefficient (Wildman–Crippen LogP) is 3.04. The Balaban J connectivity index is 1.76. The Morgan fingerprint density at radius 3 is 2.92 bits per heavy atom. The van der Waals surface area contributed by atoms with Gasteiger partial charge in [0, 0.05) is 25.2 Å². The summed E-state index contributed by atoms with van der Waals surface area (Å²) in [5, 5.41) is 3.39. The van der Waals surface area contributed by atoms with Crippen molar-refractivity contribution >= 4 is 17.6 Å². The molecule has 25 heavy (non-hydrogen) atoms. The fraction of sp³-hybridized carbons (Fsp3) is 0.421. The zero-order valence-electron chi connectivity index (χ0n) is 15.0. The van der Waals surface area contributed by atoms with E-state index in [0.29, 0.717) is 11.6 Å². The fourth-order valence-electron chi connectivity index (χ4n) is 2.95. The van der Waals surface area contributed by atoms with Crippen molar-refractivity contribution in [3.63, 3.8) is 0 Å². The predicted molar refractivity (Wildman–Crippen MR) is 97.9 cm³/mol. The summed E-state index contributed by atoms with van der Waals surface area (Å²) in [6, 6.07) is 8.15. The molecule has 6 nitrogen and oxygen atoms in total. The third-order valence-electron chi connectivity index (χ3n) is 4.62. The van der Waals surface area contributed by atoms with Gasteiger partial charge in [-0.15, -0.1) is 0 Å². The Bertz CT molecular complexity index is 763. The van der Waals surface area contributed by atoms with Gasteiger partial charge in [0.05, 0.1) is 12.7 Å². The van der Waals surface area contributed by atoms with Gasteiger partial charge in [-0.25, -0.2) is 14.8 Å². The highest BCUT2D eigenvalue weighted by Gasteiger charge is 2.19. The highest BCUT2D eigenvalue weighted by atomic mass is 16.5. The fourth-order valence-corrected chi connectivity index (χ4v) is 2.95. The zero-order valence-corrected chi connectivity index (χ0v) is 15.0. The molecule has 1 aromatic heterocycles. The van der Waals surface area contributed by atoms with E-state index < -0.39 is 0 Å². The van der Waals surface area contributed by atoms with Crippen molar-refractivity contribution in [3.05, 3.63) is 47.3 Å². The molecule has 0 saturated heterocycles. The largest absolute Gasteiger partial charge is 0.465 e. The minimum absolute atomic E-state index is 0.290. The van der Waals surface area contributed by atoms with Gasteiger partial charge in [-0.3, -0.25) is 0 Å². The van der Waals surface area contributed by atoms with Crippen LogP contribution in [0.2, 0.25) is 0 Å². The van der Waals surface area contributed by atoms with E-state index in [-0.39, 0.29) is 5.97 Å². The first kappa shape index (κ1) is 17.2. The van der Waals surface area contributed by atoms with Crippen molar-refractivity contribution < 1.29 is 9.53 Å². The molecule has 1 aliphatic heterocycles. The topological polar surface area (TPSA) is 67.4 Å². The van der Waals surface area contributed by atoms with Gasteiger partial charge in [0.2, 0.25) is 0 Å². The molecule has 3 rings (SSSR count). The molecule has 0 spiro atoms. The number of aromatic nitrogens is 2. The minimum atomic E-state index is -0.290. The third-order valence-corrected chi connectivity index (χ3v) is 4.62. The van der Waals surface area contributed by atoms with Gasteiger partial charge in [0.15, 0.2) is 0 Å². The SMILES string of the molecule is CC[C@H](C)Nc1cc(N2CCc3cc(C(=O)OC)ccc3C2)ncn1. The summed E-state index contributed by atoms with van der Waals surface area (Å²) in [5.41, 5.74) is 3.02. The molecule has 1 aromatic carbocycles. The summed E-state index contributed by atoms with van der Waals surface area (Å²) in [7, 11) is 1.41. The van der Waals surface area contributed by atoms with Crippen molar-refractivity contribution in [2.24, 2.45) is 0 Å². The van der Waals surface area contributed by atoms with Crippen molar-refractivity contribution in [2.45, 2.75) is 39.3 Å². The van der Waals surface area contributed by atoms with Gasteiger partial charge < -0.3 is 15.0 Å². The highest BCUT2D eigenvalue weighted by molar-refractivity contribution is 5.89. The first-order chi connectivity index (χ1) is 12.1. The van der Waals surface area contributed by atoms with Crippen LogP contribution in [-0.2, 0) is 17.7 Å². The summed E-state index contributed by atoms with van der Waals surface area (Å²) >= 11 is 0. The maximum absolute atomic E-state index is 11.7. The van der Waals surface area contributed by atoms with Crippen LogP contribution in [0, 0.1) is 0 Å². The molecule has 0 saturated carbocycles. The summed E-state index contributed by atoms with van der Waals surface area (Å²) in [5.74, 6) is 1.48. The van der Waals surface area contributed by atoms with E-state index in [2.05, 4.69) is 34.0 Å². The molecule has 2 heterocycles. The average molecular weight is 340 g/mol. The summed E-state index contributed by atoms with van der Waals surface area (Å²) in [6.45, 7) is 5.91. The number of rotatable bonds is 5. The smallest absolute Gasteiger partial charge is 0.337 e. The first-order valence-electron chi connectivity index (χ1n) is 8.64. The van der Waals surface area contributed by atoms with Crippen LogP contribution in [0.3, 0.4) is 0 Å². The molecule has 0 radical (unpaired) electrons. The second-order valence-electron chi connectivity index (χ2n) is 6.36. The van der Waals surface area contributed by atoms with Crippen LogP contribution in [0.5, 0.6) is 0 Å². The van der Waals surface area contributed by atoms with Crippen LogP contribution in [0.25, 0.3) is 0 Å². The number of esters is 1. The molecule has 0 unspecified atom stereocenters. The Hall–Kier alpha value is -2.63. The van der Waals surface area contributed by atoms with Crippen LogP contribution in [-0.4, -0.2) is 35.6 Å². The molecule has 1 N–H and O–H groups in total.